The molecule has 0 fully saturated rings. The Kier molecular flexibility index (Phi) is 6.83. The molecule has 1 amide bonds. The molecular formula is C25H27N5O3. The highest BCUT2D eigenvalue weighted by Gasteiger charge is 2.15. The van der Waals surface area contributed by atoms with Crippen molar-refractivity contribution < 1.29 is 4.79 Å². The molecule has 1 atom stereocenters. The van der Waals surface area contributed by atoms with Gasteiger partial charge in [-0.1, -0.05) is 48.5 Å². The van der Waals surface area contributed by atoms with Crippen LogP contribution in [0.2, 0.25) is 0 Å². The van der Waals surface area contributed by atoms with Gasteiger partial charge in [0.05, 0.1) is 0 Å². The maximum Gasteiger partial charge on any atom is 0.327 e. The van der Waals surface area contributed by atoms with Crippen LogP contribution in [-0.4, -0.2) is 25.8 Å². The van der Waals surface area contributed by atoms with Crippen molar-refractivity contribution in [3.8, 4) is 0 Å². The third kappa shape index (κ3) is 5.85. The number of aryl methyl sites for hydroxylation is 2. The molecule has 0 spiro atoms. The fourth-order valence-corrected chi connectivity index (χ4v) is 4.13. The van der Waals surface area contributed by atoms with Crippen LogP contribution in [0.4, 0.5) is 5.69 Å². The number of carbonyl (C=O) groups is 1. The van der Waals surface area contributed by atoms with Crippen molar-refractivity contribution in [2.45, 2.75) is 39.0 Å². The first-order chi connectivity index (χ1) is 16.0. The third-order valence-corrected chi connectivity index (χ3v) is 5.75. The van der Waals surface area contributed by atoms with Gasteiger partial charge in [-0.15, -0.1) is 0 Å². The largest absolute Gasteiger partial charge is 0.336 e. The number of H-pyrrole nitrogens is 3. The van der Waals surface area contributed by atoms with Crippen LogP contribution in [0.25, 0.3) is 11.2 Å². The molecule has 0 radical (unpaired) electrons. The van der Waals surface area contributed by atoms with Crippen molar-refractivity contribution in [2.24, 2.45) is 5.92 Å². The molecule has 8 nitrogen and oxygen atoms in total. The second-order valence-corrected chi connectivity index (χ2v) is 8.29. The standard InChI is InChI=1S/C25H27N5O3/c1-16(31)26-20-10-6-5-9-19(20)15-18(12-11-17-7-3-2-4-8-17)13-14-21-27-22-23(28-21)29-25(33)30-24(22)32/h2-10,18H,11-15H2,1H3,(H,26,31)(H3,27,28,29,30,32,33). The summed E-state index contributed by atoms with van der Waals surface area (Å²) in [5.74, 6) is 0.896. The maximum absolute atomic E-state index is 12.0. The number of aromatic amines is 3. The monoisotopic (exact) mass is 445 g/mol. The quantitative estimate of drug-likeness (QED) is 0.315. The maximum atomic E-state index is 12.0. The molecule has 0 bridgehead atoms. The molecule has 2 heterocycles. The van der Waals surface area contributed by atoms with Gasteiger partial charge in [0.1, 0.15) is 11.3 Å². The second-order valence-electron chi connectivity index (χ2n) is 8.29. The first kappa shape index (κ1) is 22.3. The zero-order chi connectivity index (χ0) is 23.2. The molecule has 0 aliphatic carbocycles. The summed E-state index contributed by atoms with van der Waals surface area (Å²) in [5.41, 5.74) is 2.72. The van der Waals surface area contributed by atoms with E-state index in [0.29, 0.717) is 18.2 Å². The van der Waals surface area contributed by atoms with E-state index in [1.165, 1.54) is 12.5 Å². The number of nitrogens with one attached hydrogen (secondary N) is 4. The van der Waals surface area contributed by atoms with Gasteiger partial charge in [0, 0.05) is 19.0 Å². The van der Waals surface area contributed by atoms with Crippen molar-refractivity contribution in [2.75, 3.05) is 5.32 Å². The summed E-state index contributed by atoms with van der Waals surface area (Å²) in [6.07, 6.45) is 4.19. The number of nitrogens with zero attached hydrogens (tertiary/aromatic N) is 1. The van der Waals surface area contributed by atoms with E-state index >= 15 is 0 Å². The van der Waals surface area contributed by atoms with Crippen molar-refractivity contribution in [3.05, 3.63) is 92.4 Å². The van der Waals surface area contributed by atoms with Crippen molar-refractivity contribution in [1.29, 1.82) is 0 Å². The molecule has 170 valence electrons. The number of fused-ring (bicyclic) bond motifs is 1. The van der Waals surface area contributed by atoms with Crippen LogP contribution in [0, 0.1) is 5.92 Å². The molecule has 0 saturated carbocycles. The molecule has 0 saturated heterocycles. The molecule has 4 aromatic rings. The van der Waals surface area contributed by atoms with E-state index in [1.54, 1.807) is 0 Å². The van der Waals surface area contributed by atoms with E-state index in [4.69, 9.17) is 0 Å². The van der Waals surface area contributed by atoms with Crippen molar-refractivity contribution in [1.82, 2.24) is 19.9 Å². The Bertz CT molecular complexity index is 1350. The molecule has 33 heavy (non-hydrogen) atoms. The number of aromatic nitrogens is 4. The number of hydrogen-bond acceptors (Lipinski definition) is 4. The lowest BCUT2D eigenvalue weighted by molar-refractivity contribution is -0.114. The van der Waals surface area contributed by atoms with Crippen molar-refractivity contribution in [3.63, 3.8) is 0 Å². The van der Waals surface area contributed by atoms with Crippen LogP contribution in [0.15, 0.2) is 64.2 Å². The summed E-state index contributed by atoms with van der Waals surface area (Å²) in [7, 11) is 0. The lowest BCUT2D eigenvalue weighted by Gasteiger charge is -2.19. The van der Waals surface area contributed by atoms with E-state index in [2.05, 4.69) is 37.4 Å². The van der Waals surface area contributed by atoms with Crippen LogP contribution >= 0.6 is 0 Å². The second kappa shape index (κ2) is 10.1. The van der Waals surface area contributed by atoms with Crippen LogP contribution in [0.1, 0.15) is 36.7 Å². The molecular weight excluding hydrogens is 418 g/mol. The molecule has 4 N–H and O–H groups in total. The predicted octanol–water partition coefficient (Wildman–Crippen LogP) is 3.32. The minimum absolute atomic E-state index is 0.0928. The molecule has 4 rings (SSSR count). The Morgan fingerprint density at radius 3 is 2.45 bits per heavy atom. The number of imidazole rings is 1. The number of para-hydroxylation sites is 1. The fraction of sp³-hybridized carbons (Fsp3) is 0.280. The van der Waals surface area contributed by atoms with Gasteiger partial charge >= 0.3 is 5.69 Å². The van der Waals surface area contributed by atoms with E-state index in [0.717, 1.165) is 36.9 Å². The summed E-state index contributed by atoms with van der Waals surface area (Å²) in [6, 6.07) is 18.2. The average molecular weight is 446 g/mol. The smallest absolute Gasteiger partial charge is 0.327 e. The Labute approximate surface area is 190 Å². The van der Waals surface area contributed by atoms with Crippen LogP contribution in [-0.2, 0) is 24.1 Å². The normalized spacial score (nSPS) is 12.0. The Morgan fingerprint density at radius 1 is 0.939 bits per heavy atom. The van der Waals surface area contributed by atoms with Crippen LogP contribution in [0.3, 0.4) is 0 Å². The molecule has 8 heteroatoms. The van der Waals surface area contributed by atoms with E-state index < -0.39 is 11.2 Å². The van der Waals surface area contributed by atoms with Gasteiger partial charge in [-0.25, -0.2) is 9.78 Å². The third-order valence-electron chi connectivity index (χ3n) is 5.75. The molecule has 0 aliphatic heterocycles. The van der Waals surface area contributed by atoms with Gasteiger partial charge in [0.25, 0.3) is 5.56 Å². The van der Waals surface area contributed by atoms with Gasteiger partial charge in [-0.3, -0.25) is 19.6 Å². The SMILES string of the molecule is CC(=O)Nc1ccccc1CC(CCc1ccccc1)CCc1nc2[nH]c(=O)[nH]c(=O)c2[nH]1. The summed E-state index contributed by atoms with van der Waals surface area (Å²) < 4.78 is 0. The summed E-state index contributed by atoms with van der Waals surface area (Å²) >= 11 is 0. The van der Waals surface area contributed by atoms with Gasteiger partial charge in [-0.2, -0.15) is 0 Å². The number of hydrogen-bond donors (Lipinski definition) is 4. The Balaban J connectivity index is 1.52. The Morgan fingerprint density at radius 2 is 1.67 bits per heavy atom. The lowest BCUT2D eigenvalue weighted by Crippen LogP contribution is -2.21. The molecule has 0 aliphatic rings. The fourth-order valence-electron chi connectivity index (χ4n) is 4.13. The van der Waals surface area contributed by atoms with Gasteiger partial charge < -0.3 is 10.3 Å². The topological polar surface area (TPSA) is 123 Å². The minimum atomic E-state index is -0.569. The van der Waals surface area contributed by atoms with Crippen LogP contribution in [0.5, 0.6) is 0 Å². The average Bonchev–Trinajstić information content (AvgIpc) is 3.20. The Hall–Kier alpha value is -3.94. The van der Waals surface area contributed by atoms with E-state index in [-0.39, 0.29) is 17.1 Å². The number of benzene rings is 2. The number of amides is 1. The van der Waals surface area contributed by atoms with Crippen LogP contribution < -0.4 is 16.6 Å². The number of rotatable bonds is 9. The van der Waals surface area contributed by atoms with Gasteiger partial charge in [0.15, 0.2) is 5.65 Å². The first-order valence-electron chi connectivity index (χ1n) is 11.1. The zero-order valence-electron chi connectivity index (χ0n) is 18.5. The van der Waals surface area contributed by atoms with E-state index in [9.17, 15) is 14.4 Å². The number of carbonyl (C=O) groups excluding carboxylic acids is 1. The number of anilines is 1. The van der Waals surface area contributed by atoms with E-state index in [1.807, 2.05) is 42.5 Å². The highest BCUT2D eigenvalue weighted by atomic mass is 16.2. The van der Waals surface area contributed by atoms with Crippen molar-refractivity contribution >= 4 is 22.8 Å². The summed E-state index contributed by atoms with van der Waals surface area (Å²) in [6.45, 7) is 1.51. The zero-order valence-corrected chi connectivity index (χ0v) is 18.5. The highest BCUT2D eigenvalue weighted by Crippen LogP contribution is 2.25. The highest BCUT2D eigenvalue weighted by molar-refractivity contribution is 5.89. The lowest BCUT2D eigenvalue weighted by atomic mass is 9.88. The molecule has 1 unspecified atom stereocenters. The first-order valence-corrected chi connectivity index (χ1v) is 11.1. The van der Waals surface area contributed by atoms with Gasteiger partial charge in [-0.05, 0) is 48.8 Å². The minimum Gasteiger partial charge on any atom is -0.336 e. The summed E-state index contributed by atoms with van der Waals surface area (Å²) in [5, 5.41) is 2.93. The predicted molar refractivity (Wildman–Crippen MR) is 128 cm³/mol. The summed E-state index contributed by atoms with van der Waals surface area (Å²) in [4.78, 5) is 47.4. The molecule has 2 aromatic carbocycles. The molecule has 2 aromatic heterocycles. The van der Waals surface area contributed by atoms with Gasteiger partial charge in [0.2, 0.25) is 5.91 Å².